The van der Waals surface area contributed by atoms with Crippen molar-refractivity contribution in [2.24, 2.45) is 0 Å². The van der Waals surface area contributed by atoms with Gasteiger partial charge in [-0.05, 0) is 36.3 Å². The van der Waals surface area contributed by atoms with Gasteiger partial charge >= 0.3 is 0 Å². The van der Waals surface area contributed by atoms with Crippen molar-refractivity contribution >= 4 is 11.8 Å². The van der Waals surface area contributed by atoms with Crippen LogP contribution in [0.25, 0.3) is 0 Å². The second-order valence-electron chi connectivity index (χ2n) is 3.55. The summed E-state index contributed by atoms with van der Waals surface area (Å²) >= 11 is 1.80. The maximum atomic E-state index is 3.87. The van der Waals surface area contributed by atoms with Gasteiger partial charge in [0.2, 0.25) is 0 Å². The van der Waals surface area contributed by atoms with E-state index in [1.165, 1.54) is 21.0 Å². The first-order valence-electron chi connectivity index (χ1n) is 5.38. The maximum Gasteiger partial charge on any atom is 0.0148 e. The van der Waals surface area contributed by atoms with Gasteiger partial charge < -0.3 is 0 Å². The van der Waals surface area contributed by atoms with Crippen molar-refractivity contribution < 1.29 is 0 Å². The highest BCUT2D eigenvalue weighted by molar-refractivity contribution is 8.07. The fourth-order valence-corrected chi connectivity index (χ4v) is 2.54. The molecular weight excluding hydrogens is 212 g/mol. The van der Waals surface area contributed by atoms with Crippen molar-refractivity contribution in [3.8, 4) is 0 Å². The third-order valence-corrected chi connectivity index (χ3v) is 3.62. The van der Waals surface area contributed by atoms with Gasteiger partial charge in [-0.3, -0.25) is 0 Å². The molecule has 84 valence electrons. The van der Waals surface area contributed by atoms with Gasteiger partial charge in [-0.25, -0.2) is 0 Å². The zero-order valence-corrected chi connectivity index (χ0v) is 10.8. The predicted molar refractivity (Wildman–Crippen MR) is 76.3 cm³/mol. The van der Waals surface area contributed by atoms with Crippen LogP contribution in [0.3, 0.4) is 0 Å². The van der Waals surface area contributed by atoms with Crippen LogP contribution in [0, 0.1) is 0 Å². The van der Waals surface area contributed by atoms with E-state index in [4.69, 9.17) is 0 Å². The number of thioether (sulfide) groups is 1. The van der Waals surface area contributed by atoms with Crippen molar-refractivity contribution in [1.82, 2.24) is 0 Å². The van der Waals surface area contributed by atoms with E-state index in [0.29, 0.717) is 0 Å². The van der Waals surface area contributed by atoms with E-state index < -0.39 is 0 Å². The van der Waals surface area contributed by atoms with Crippen molar-refractivity contribution in [3.63, 3.8) is 0 Å². The largest absolute Gasteiger partial charge is 0.0991 e. The Morgan fingerprint density at radius 2 is 1.94 bits per heavy atom. The highest BCUT2D eigenvalue weighted by atomic mass is 32.2. The highest BCUT2D eigenvalue weighted by Gasteiger charge is 2.13. The van der Waals surface area contributed by atoms with Crippen LogP contribution in [0.5, 0.6) is 0 Å². The molecule has 0 saturated heterocycles. The minimum absolute atomic E-state index is 0.981. The summed E-state index contributed by atoms with van der Waals surface area (Å²) < 4.78 is 0. The molecule has 0 nitrogen and oxygen atoms in total. The van der Waals surface area contributed by atoms with Crippen molar-refractivity contribution in [2.75, 3.05) is 0 Å². The molecular formula is C15H18S. The molecule has 0 aliphatic carbocycles. The average Bonchev–Trinajstić information content (AvgIpc) is 2.29. The lowest BCUT2D eigenvalue weighted by atomic mass is 10.0. The maximum absolute atomic E-state index is 3.87. The van der Waals surface area contributed by atoms with Crippen LogP contribution in [-0.2, 0) is 0 Å². The molecule has 0 unspecified atom stereocenters. The molecule has 1 rings (SSSR count). The second-order valence-corrected chi connectivity index (χ2v) is 4.81. The molecule has 1 heteroatoms. The molecule has 0 radical (unpaired) electrons. The summed E-state index contributed by atoms with van der Waals surface area (Å²) in [7, 11) is 0. The molecule has 0 atom stereocenters. The average molecular weight is 230 g/mol. The van der Waals surface area contributed by atoms with E-state index in [2.05, 4.69) is 38.3 Å². The van der Waals surface area contributed by atoms with E-state index in [9.17, 15) is 0 Å². The molecule has 1 heterocycles. The fraction of sp³-hybridized carbons (Fsp3) is 0.200. The van der Waals surface area contributed by atoms with Crippen LogP contribution >= 0.6 is 11.8 Å². The van der Waals surface area contributed by atoms with Gasteiger partial charge in [-0.15, -0.1) is 0 Å². The van der Waals surface area contributed by atoms with Gasteiger partial charge in [-0.2, -0.15) is 0 Å². The van der Waals surface area contributed by atoms with Gasteiger partial charge in [0.15, 0.2) is 0 Å². The minimum atomic E-state index is 0.981. The molecule has 0 aromatic heterocycles. The normalized spacial score (nSPS) is 17.6. The van der Waals surface area contributed by atoms with Crippen LogP contribution in [0.1, 0.15) is 20.3 Å². The predicted octanol–water partition coefficient (Wildman–Crippen LogP) is 5.16. The highest BCUT2D eigenvalue weighted by Crippen LogP contribution is 2.39. The second kappa shape index (κ2) is 6.39. The topological polar surface area (TPSA) is 0 Å². The number of rotatable bonds is 4. The smallest absolute Gasteiger partial charge is 0.0148 e. The lowest BCUT2D eigenvalue weighted by molar-refractivity contribution is 1.17. The molecule has 0 aromatic rings. The number of hydrogen-bond acceptors (Lipinski definition) is 1. The zero-order valence-electron chi connectivity index (χ0n) is 9.99. The summed E-state index contributed by atoms with van der Waals surface area (Å²) in [6.07, 6.45) is 13.1. The van der Waals surface area contributed by atoms with E-state index in [1.54, 1.807) is 11.8 Å². The summed E-state index contributed by atoms with van der Waals surface area (Å²) in [5.74, 6) is 0. The summed E-state index contributed by atoms with van der Waals surface area (Å²) in [5.41, 5.74) is 2.71. The van der Waals surface area contributed by atoms with Crippen molar-refractivity contribution in [2.45, 2.75) is 20.3 Å². The molecule has 0 N–H and O–H groups in total. The summed E-state index contributed by atoms with van der Waals surface area (Å²) in [4.78, 5) is 2.62. The molecule has 0 saturated carbocycles. The van der Waals surface area contributed by atoms with Crippen LogP contribution in [0.15, 0.2) is 70.6 Å². The summed E-state index contributed by atoms with van der Waals surface area (Å²) in [5, 5.41) is 0. The lowest BCUT2D eigenvalue weighted by Crippen LogP contribution is -1.95. The standard InChI is InChI=1S/C15H18S/c1-5-8-10-13-11-14(9-6-2)15(7-3)16-12(13)4/h5-10H,1,3,11H2,2,4H3/b9-6-,10-8-. The first kappa shape index (κ1) is 12.9. The Labute approximate surface area is 103 Å². The molecule has 0 fully saturated rings. The number of hydrogen-bond donors (Lipinski definition) is 0. The van der Waals surface area contributed by atoms with Gasteiger partial charge in [0.1, 0.15) is 0 Å². The molecule has 0 spiro atoms. The minimum Gasteiger partial charge on any atom is -0.0991 e. The molecule has 0 amide bonds. The van der Waals surface area contributed by atoms with Gasteiger partial charge in [0.05, 0.1) is 0 Å². The molecule has 16 heavy (non-hydrogen) atoms. The first-order chi connectivity index (χ1) is 7.72. The summed E-state index contributed by atoms with van der Waals surface area (Å²) in [6.45, 7) is 11.8. The van der Waals surface area contributed by atoms with E-state index >= 15 is 0 Å². The van der Waals surface area contributed by atoms with E-state index in [1.807, 2.05) is 25.2 Å². The Morgan fingerprint density at radius 3 is 2.50 bits per heavy atom. The van der Waals surface area contributed by atoms with Crippen LogP contribution in [0.4, 0.5) is 0 Å². The third kappa shape index (κ3) is 3.14. The van der Waals surface area contributed by atoms with E-state index in [0.717, 1.165) is 6.42 Å². The van der Waals surface area contributed by atoms with E-state index in [-0.39, 0.29) is 0 Å². The van der Waals surface area contributed by atoms with Crippen LogP contribution < -0.4 is 0 Å². The molecule has 1 aliphatic rings. The Balaban J connectivity index is 2.99. The quantitative estimate of drug-likeness (QED) is 0.601. The van der Waals surface area contributed by atoms with Gasteiger partial charge in [0.25, 0.3) is 0 Å². The van der Waals surface area contributed by atoms with Gasteiger partial charge in [0, 0.05) is 4.91 Å². The Hall–Kier alpha value is -1.21. The Morgan fingerprint density at radius 1 is 1.19 bits per heavy atom. The van der Waals surface area contributed by atoms with Crippen LogP contribution in [0.2, 0.25) is 0 Å². The SMILES string of the molecule is C=C/C=C\C1=C(C)SC(C=C)=C(/C=C\C)C1. The summed E-state index contributed by atoms with van der Waals surface area (Å²) in [6, 6.07) is 0. The molecule has 0 aromatic carbocycles. The zero-order chi connectivity index (χ0) is 12.0. The van der Waals surface area contributed by atoms with Crippen molar-refractivity contribution in [3.05, 3.63) is 70.6 Å². The fourth-order valence-electron chi connectivity index (χ4n) is 1.59. The third-order valence-electron chi connectivity index (χ3n) is 2.40. The first-order valence-corrected chi connectivity index (χ1v) is 6.19. The lowest BCUT2D eigenvalue weighted by Gasteiger charge is -2.18. The number of allylic oxidation sites excluding steroid dienone is 9. The Kier molecular flexibility index (Phi) is 5.13. The molecule has 0 bridgehead atoms. The van der Waals surface area contributed by atoms with Crippen LogP contribution in [-0.4, -0.2) is 0 Å². The monoisotopic (exact) mass is 230 g/mol. The Bertz CT molecular complexity index is 403. The molecule has 1 aliphatic heterocycles. The van der Waals surface area contributed by atoms with Crippen molar-refractivity contribution in [1.29, 1.82) is 0 Å². The van der Waals surface area contributed by atoms with Gasteiger partial charge in [-0.1, -0.05) is 61.4 Å².